The molecule has 5 nitrogen and oxygen atoms in total. The Morgan fingerprint density at radius 3 is 2.53 bits per heavy atom. The van der Waals surface area contributed by atoms with Crippen molar-refractivity contribution in [3.63, 3.8) is 0 Å². The molecule has 0 atom stereocenters. The van der Waals surface area contributed by atoms with Gasteiger partial charge in [0.05, 0.1) is 31.2 Å². The maximum Gasteiger partial charge on any atom is 0.0682 e. The fourth-order valence-corrected chi connectivity index (χ4v) is 1.79. The third-order valence-electron chi connectivity index (χ3n) is 3.17. The Bertz CT molecular complexity index is 304. The number of hydrogen-bond donors (Lipinski definition) is 2. The van der Waals surface area contributed by atoms with E-state index in [0.29, 0.717) is 12.2 Å². The molecule has 17 heavy (non-hydrogen) atoms. The van der Waals surface area contributed by atoms with Gasteiger partial charge >= 0.3 is 0 Å². The van der Waals surface area contributed by atoms with Crippen molar-refractivity contribution in [2.24, 2.45) is 16.5 Å². The minimum absolute atomic E-state index is 0.0277. The van der Waals surface area contributed by atoms with Crippen LogP contribution >= 0.6 is 0 Å². The van der Waals surface area contributed by atoms with Gasteiger partial charge in [-0.05, 0) is 20.8 Å². The number of nitrogens with zero attached hydrogens (tertiary/aromatic N) is 2. The topological polar surface area (TPSA) is 76.9 Å². The van der Waals surface area contributed by atoms with Gasteiger partial charge in [-0.2, -0.15) is 0 Å². The number of rotatable bonds is 4. The van der Waals surface area contributed by atoms with E-state index >= 15 is 0 Å². The molecule has 0 aromatic heterocycles. The van der Waals surface area contributed by atoms with Crippen molar-refractivity contribution in [3.05, 3.63) is 11.9 Å². The zero-order valence-electron chi connectivity index (χ0n) is 11.1. The second-order valence-corrected chi connectivity index (χ2v) is 4.94. The Labute approximate surface area is 104 Å². The van der Waals surface area contributed by atoms with Crippen LogP contribution in [0.15, 0.2) is 16.9 Å². The van der Waals surface area contributed by atoms with Gasteiger partial charge in [0.25, 0.3) is 0 Å². The molecule has 1 heterocycles. The number of aliphatic imine (C=N–C) groups is 1. The highest BCUT2D eigenvalue weighted by Gasteiger charge is 2.27. The lowest BCUT2D eigenvalue weighted by molar-refractivity contribution is -0.00679. The van der Waals surface area contributed by atoms with Crippen molar-refractivity contribution in [2.45, 2.75) is 26.3 Å². The van der Waals surface area contributed by atoms with Crippen LogP contribution in [0.4, 0.5) is 0 Å². The summed E-state index contributed by atoms with van der Waals surface area (Å²) < 4.78 is 5.35. The predicted molar refractivity (Wildman–Crippen MR) is 70.9 cm³/mol. The number of allylic oxidation sites excluding steroid dienone is 1. The molecule has 1 saturated heterocycles. The van der Waals surface area contributed by atoms with Crippen LogP contribution in [-0.4, -0.2) is 49.0 Å². The average molecular weight is 240 g/mol. The van der Waals surface area contributed by atoms with Gasteiger partial charge in [-0.15, -0.1) is 0 Å². The highest BCUT2D eigenvalue weighted by Crippen LogP contribution is 2.16. The van der Waals surface area contributed by atoms with Crippen molar-refractivity contribution in [1.29, 1.82) is 0 Å². The zero-order valence-corrected chi connectivity index (χ0v) is 11.1. The van der Waals surface area contributed by atoms with Crippen molar-refractivity contribution >= 4 is 5.71 Å². The maximum absolute atomic E-state index is 5.70. The van der Waals surface area contributed by atoms with E-state index in [0.717, 1.165) is 32.0 Å². The number of nitrogens with two attached hydrogens (primary N) is 2. The minimum Gasteiger partial charge on any atom is -0.403 e. The van der Waals surface area contributed by atoms with Crippen LogP contribution in [0.3, 0.4) is 0 Å². The predicted octanol–water partition coefficient (Wildman–Crippen LogP) is 0.317. The van der Waals surface area contributed by atoms with E-state index in [1.807, 2.05) is 6.92 Å². The molecule has 0 aliphatic carbocycles. The quantitative estimate of drug-likeness (QED) is 0.694. The molecule has 0 aromatic carbocycles. The van der Waals surface area contributed by atoms with Crippen molar-refractivity contribution in [1.82, 2.24) is 4.90 Å². The lowest BCUT2D eigenvalue weighted by Gasteiger charge is -2.39. The SMILES string of the molecule is CC(=NCC(C)(C)N1CCOCC1)C(N)=CN. The van der Waals surface area contributed by atoms with Gasteiger partial charge in [0, 0.05) is 24.8 Å². The molecule has 0 bridgehead atoms. The van der Waals surface area contributed by atoms with Crippen LogP contribution in [0, 0.1) is 0 Å². The van der Waals surface area contributed by atoms with Gasteiger partial charge in [-0.3, -0.25) is 9.89 Å². The number of hydrogen-bond acceptors (Lipinski definition) is 5. The summed E-state index contributed by atoms with van der Waals surface area (Å²) in [7, 11) is 0. The summed E-state index contributed by atoms with van der Waals surface area (Å²) in [6, 6.07) is 0. The van der Waals surface area contributed by atoms with Crippen LogP contribution in [0.25, 0.3) is 0 Å². The second-order valence-electron chi connectivity index (χ2n) is 4.94. The molecule has 0 radical (unpaired) electrons. The van der Waals surface area contributed by atoms with Gasteiger partial charge in [0.2, 0.25) is 0 Å². The summed E-state index contributed by atoms with van der Waals surface area (Å²) in [6.45, 7) is 10.5. The first-order valence-electron chi connectivity index (χ1n) is 5.99. The minimum atomic E-state index is 0.0277. The van der Waals surface area contributed by atoms with E-state index in [-0.39, 0.29) is 5.54 Å². The molecule has 5 heteroatoms. The van der Waals surface area contributed by atoms with Crippen LogP contribution in [0.5, 0.6) is 0 Å². The zero-order chi connectivity index (χ0) is 12.9. The van der Waals surface area contributed by atoms with E-state index in [4.69, 9.17) is 16.2 Å². The summed E-state index contributed by atoms with van der Waals surface area (Å²) in [6.07, 6.45) is 1.39. The molecule has 4 N–H and O–H groups in total. The summed E-state index contributed by atoms with van der Waals surface area (Å²) in [5.41, 5.74) is 12.4. The highest BCUT2D eigenvalue weighted by molar-refractivity contribution is 5.97. The van der Waals surface area contributed by atoms with Gasteiger partial charge < -0.3 is 16.2 Å². The van der Waals surface area contributed by atoms with Crippen molar-refractivity contribution < 1.29 is 4.74 Å². The van der Waals surface area contributed by atoms with Gasteiger partial charge in [0.15, 0.2) is 0 Å². The first-order chi connectivity index (χ1) is 7.97. The summed E-state index contributed by atoms with van der Waals surface area (Å²) in [4.78, 5) is 6.90. The molecule has 0 aromatic rings. The monoisotopic (exact) mass is 240 g/mol. The van der Waals surface area contributed by atoms with Gasteiger partial charge in [-0.1, -0.05) is 0 Å². The Hall–Kier alpha value is -1.07. The highest BCUT2D eigenvalue weighted by atomic mass is 16.5. The van der Waals surface area contributed by atoms with Gasteiger partial charge in [0.1, 0.15) is 0 Å². The molecule has 0 amide bonds. The maximum atomic E-state index is 5.70. The number of ether oxygens (including phenoxy) is 1. The van der Waals surface area contributed by atoms with Crippen molar-refractivity contribution in [2.75, 3.05) is 32.8 Å². The largest absolute Gasteiger partial charge is 0.403 e. The average Bonchev–Trinajstić information content (AvgIpc) is 2.36. The van der Waals surface area contributed by atoms with E-state index in [1.54, 1.807) is 0 Å². The van der Waals surface area contributed by atoms with Crippen LogP contribution in [-0.2, 0) is 4.74 Å². The lowest BCUT2D eigenvalue weighted by atomic mass is 10.0. The summed E-state index contributed by atoms with van der Waals surface area (Å²) in [5, 5.41) is 0. The third kappa shape index (κ3) is 4.02. The fraction of sp³-hybridized carbons (Fsp3) is 0.750. The van der Waals surface area contributed by atoms with E-state index in [2.05, 4.69) is 23.7 Å². The molecule has 0 saturated carbocycles. The van der Waals surface area contributed by atoms with E-state index in [1.165, 1.54) is 6.20 Å². The third-order valence-corrected chi connectivity index (χ3v) is 3.17. The number of morpholine rings is 1. The molecule has 0 spiro atoms. The van der Waals surface area contributed by atoms with Crippen LogP contribution in [0.1, 0.15) is 20.8 Å². The summed E-state index contributed by atoms with van der Waals surface area (Å²) in [5.74, 6) is 0. The van der Waals surface area contributed by atoms with Crippen LogP contribution < -0.4 is 11.5 Å². The normalized spacial score (nSPS) is 20.6. The first kappa shape index (κ1) is 14.0. The molecule has 1 rings (SSSR count). The lowest BCUT2D eigenvalue weighted by Crippen LogP contribution is -2.51. The Morgan fingerprint density at radius 1 is 1.41 bits per heavy atom. The van der Waals surface area contributed by atoms with Crippen molar-refractivity contribution in [3.8, 4) is 0 Å². The smallest absolute Gasteiger partial charge is 0.0682 e. The molecule has 0 unspecified atom stereocenters. The molecule has 1 aliphatic heterocycles. The standard InChI is InChI=1S/C12H24N4O/c1-10(11(14)8-13)15-9-12(2,3)16-4-6-17-7-5-16/h8H,4-7,9,13-14H2,1-3H3. The molecule has 1 aliphatic rings. The first-order valence-corrected chi connectivity index (χ1v) is 5.99. The molecular formula is C12H24N4O. The molecular weight excluding hydrogens is 216 g/mol. The Balaban J connectivity index is 2.59. The van der Waals surface area contributed by atoms with E-state index in [9.17, 15) is 0 Å². The van der Waals surface area contributed by atoms with E-state index < -0.39 is 0 Å². The van der Waals surface area contributed by atoms with Crippen LogP contribution in [0.2, 0.25) is 0 Å². The summed E-state index contributed by atoms with van der Waals surface area (Å²) >= 11 is 0. The van der Waals surface area contributed by atoms with Gasteiger partial charge in [-0.25, -0.2) is 0 Å². The second kappa shape index (κ2) is 6.02. The fourth-order valence-electron chi connectivity index (χ4n) is 1.79. The molecule has 1 fully saturated rings. The Morgan fingerprint density at radius 2 is 2.00 bits per heavy atom. The Kier molecular flexibility index (Phi) is 4.96. The molecule has 98 valence electrons.